The average molecular weight is 271 g/mol. The van der Waals surface area contributed by atoms with Crippen LogP contribution in [-0.4, -0.2) is 23.0 Å². The molecule has 20 heavy (non-hydrogen) atoms. The summed E-state index contributed by atoms with van der Waals surface area (Å²) >= 11 is 0. The lowest BCUT2D eigenvalue weighted by Gasteiger charge is -2.32. The molecular weight excluding hydrogens is 254 g/mol. The molecule has 104 valence electrons. The number of hydrogen-bond donors (Lipinski definition) is 0. The predicted octanol–water partition coefficient (Wildman–Crippen LogP) is 3.38. The normalized spacial score (nSPS) is 19.2. The minimum atomic E-state index is -0.319. The largest absolute Gasteiger partial charge is 0.356 e. The summed E-state index contributed by atoms with van der Waals surface area (Å²) < 4.78 is 0. The molecule has 0 saturated carbocycles. The molecule has 1 unspecified atom stereocenters. The van der Waals surface area contributed by atoms with Gasteiger partial charge in [0, 0.05) is 25.4 Å². The number of nitro groups is 1. The van der Waals surface area contributed by atoms with Crippen molar-refractivity contribution in [3.05, 3.63) is 40.6 Å². The summed E-state index contributed by atoms with van der Waals surface area (Å²) in [4.78, 5) is 17.6. The lowest BCUT2D eigenvalue weighted by Crippen LogP contribution is -2.34. The van der Waals surface area contributed by atoms with Crippen molar-refractivity contribution in [3.8, 4) is 0 Å². The van der Waals surface area contributed by atoms with E-state index in [4.69, 9.17) is 0 Å². The average Bonchev–Trinajstić information content (AvgIpc) is 2.46. The molecule has 2 heterocycles. The smallest absolute Gasteiger partial charge is 0.280 e. The Hall–Kier alpha value is -2.17. The quantitative estimate of drug-likeness (QED) is 0.620. The van der Waals surface area contributed by atoms with Crippen molar-refractivity contribution < 1.29 is 4.92 Å². The zero-order valence-electron chi connectivity index (χ0n) is 11.5. The molecule has 0 N–H and O–H groups in total. The van der Waals surface area contributed by atoms with Gasteiger partial charge in [-0.1, -0.05) is 19.1 Å². The molecule has 1 atom stereocenters. The number of aromatic nitrogens is 1. The van der Waals surface area contributed by atoms with Crippen LogP contribution in [0.1, 0.15) is 19.8 Å². The Morgan fingerprint density at radius 2 is 2.25 bits per heavy atom. The van der Waals surface area contributed by atoms with Crippen LogP contribution in [0, 0.1) is 16.0 Å². The van der Waals surface area contributed by atoms with E-state index in [1.54, 1.807) is 18.3 Å². The van der Waals surface area contributed by atoms with Gasteiger partial charge in [0.05, 0.1) is 4.92 Å². The van der Waals surface area contributed by atoms with Gasteiger partial charge < -0.3 is 4.90 Å². The van der Waals surface area contributed by atoms with Gasteiger partial charge in [-0.2, -0.15) is 0 Å². The third kappa shape index (κ3) is 2.19. The summed E-state index contributed by atoms with van der Waals surface area (Å²) in [6, 6.07) is 7.02. The molecular formula is C15H17N3O2. The zero-order valence-corrected chi connectivity index (χ0v) is 11.5. The Morgan fingerprint density at radius 3 is 3.00 bits per heavy atom. The molecule has 0 spiro atoms. The van der Waals surface area contributed by atoms with Crippen molar-refractivity contribution in [2.75, 3.05) is 18.0 Å². The van der Waals surface area contributed by atoms with Gasteiger partial charge in [-0.25, -0.2) is 4.98 Å². The van der Waals surface area contributed by atoms with E-state index in [0.717, 1.165) is 30.7 Å². The maximum atomic E-state index is 11.3. The lowest BCUT2D eigenvalue weighted by atomic mass is 9.99. The second-order valence-corrected chi connectivity index (χ2v) is 5.46. The number of nitro benzene ring substituents is 1. The number of piperidine rings is 1. The second kappa shape index (κ2) is 5.07. The Morgan fingerprint density at radius 1 is 1.40 bits per heavy atom. The highest BCUT2D eigenvalue weighted by Crippen LogP contribution is 2.34. The first-order chi connectivity index (χ1) is 9.66. The molecule has 1 aliphatic rings. The standard InChI is InChI=1S/C15H17N3O2/c1-11-4-3-9-17(10-11)15-14-12(7-8-16-15)5-2-6-13(14)18(19)20/h2,5-8,11H,3-4,9-10H2,1H3. The second-order valence-electron chi connectivity index (χ2n) is 5.46. The summed E-state index contributed by atoms with van der Waals surface area (Å²) in [5, 5.41) is 12.8. The van der Waals surface area contributed by atoms with E-state index in [9.17, 15) is 10.1 Å². The molecule has 2 aromatic rings. The van der Waals surface area contributed by atoms with E-state index < -0.39 is 0 Å². The Bertz CT molecular complexity index is 651. The predicted molar refractivity (Wildman–Crippen MR) is 79.0 cm³/mol. The highest BCUT2D eigenvalue weighted by molar-refractivity contribution is 5.99. The number of rotatable bonds is 2. The van der Waals surface area contributed by atoms with Crippen molar-refractivity contribution in [1.82, 2.24) is 4.98 Å². The fourth-order valence-corrected chi connectivity index (χ4v) is 2.97. The maximum absolute atomic E-state index is 11.3. The highest BCUT2D eigenvalue weighted by atomic mass is 16.6. The van der Waals surface area contributed by atoms with E-state index in [1.165, 1.54) is 6.42 Å². The van der Waals surface area contributed by atoms with Crippen molar-refractivity contribution in [2.24, 2.45) is 5.92 Å². The lowest BCUT2D eigenvalue weighted by molar-refractivity contribution is -0.383. The van der Waals surface area contributed by atoms with Gasteiger partial charge in [-0.15, -0.1) is 0 Å². The Labute approximate surface area is 117 Å². The van der Waals surface area contributed by atoms with Gasteiger partial charge in [0.25, 0.3) is 5.69 Å². The molecule has 0 aliphatic carbocycles. The highest BCUT2D eigenvalue weighted by Gasteiger charge is 2.23. The molecule has 3 rings (SSSR count). The fourth-order valence-electron chi connectivity index (χ4n) is 2.97. The molecule has 5 heteroatoms. The first-order valence-electron chi connectivity index (χ1n) is 6.94. The van der Waals surface area contributed by atoms with Gasteiger partial charge in [-0.3, -0.25) is 10.1 Å². The summed E-state index contributed by atoms with van der Waals surface area (Å²) in [6.45, 7) is 4.05. The number of fused-ring (bicyclic) bond motifs is 1. The van der Waals surface area contributed by atoms with Gasteiger partial charge in [0.1, 0.15) is 11.2 Å². The van der Waals surface area contributed by atoms with Crippen LogP contribution >= 0.6 is 0 Å². The SMILES string of the molecule is CC1CCCN(c2nccc3cccc([N+](=O)[O-])c23)C1. The van der Waals surface area contributed by atoms with Gasteiger partial charge in [-0.05, 0) is 30.2 Å². The first kappa shape index (κ1) is 12.8. The van der Waals surface area contributed by atoms with Crippen molar-refractivity contribution in [3.63, 3.8) is 0 Å². The van der Waals surface area contributed by atoms with Crippen LogP contribution in [0.15, 0.2) is 30.5 Å². The van der Waals surface area contributed by atoms with E-state index in [2.05, 4.69) is 16.8 Å². The first-order valence-corrected chi connectivity index (χ1v) is 6.94. The molecule has 1 saturated heterocycles. The summed E-state index contributed by atoms with van der Waals surface area (Å²) in [7, 11) is 0. The van der Waals surface area contributed by atoms with Crippen LogP contribution in [0.25, 0.3) is 10.8 Å². The zero-order chi connectivity index (χ0) is 14.1. The van der Waals surface area contributed by atoms with Gasteiger partial charge in [0.15, 0.2) is 0 Å². The van der Waals surface area contributed by atoms with E-state index in [1.807, 2.05) is 12.1 Å². The van der Waals surface area contributed by atoms with E-state index >= 15 is 0 Å². The minimum Gasteiger partial charge on any atom is -0.356 e. The van der Waals surface area contributed by atoms with Gasteiger partial charge in [0.2, 0.25) is 0 Å². The van der Waals surface area contributed by atoms with Crippen LogP contribution in [0.5, 0.6) is 0 Å². The molecule has 1 aromatic carbocycles. The van der Waals surface area contributed by atoms with E-state index in [-0.39, 0.29) is 10.6 Å². The molecule has 5 nitrogen and oxygen atoms in total. The third-order valence-corrected chi connectivity index (χ3v) is 3.90. The van der Waals surface area contributed by atoms with Crippen molar-refractivity contribution in [1.29, 1.82) is 0 Å². The van der Waals surface area contributed by atoms with Crippen LogP contribution in [0.2, 0.25) is 0 Å². The molecule has 0 radical (unpaired) electrons. The number of hydrogen-bond acceptors (Lipinski definition) is 4. The fraction of sp³-hybridized carbons (Fsp3) is 0.400. The Balaban J connectivity index is 2.17. The van der Waals surface area contributed by atoms with E-state index in [0.29, 0.717) is 11.3 Å². The monoisotopic (exact) mass is 271 g/mol. The molecule has 0 amide bonds. The van der Waals surface area contributed by atoms with Crippen LogP contribution in [0.4, 0.5) is 11.5 Å². The number of anilines is 1. The third-order valence-electron chi connectivity index (χ3n) is 3.90. The van der Waals surface area contributed by atoms with Gasteiger partial charge >= 0.3 is 0 Å². The molecule has 1 fully saturated rings. The molecule has 0 bridgehead atoms. The summed E-state index contributed by atoms with van der Waals surface area (Å²) in [6.07, 6.45) is 4.06. The number of benzene rings is 1. The van der Waals surface area contributed by atoms with Crippen LogP contribution < -0.4 is 4.90 Å². The minimum absolute atomic E-state index is 0.142. The number of nitrogens with zero attached hydrogens (tertiary/aromatic N) is 3. The molecule has 1 aromatic heterocycles. The Kier molecular flexibility index (Phi) is 3.26. The maximum Gasteiger partial charge on any atom is 0.280 e. The summed E-state index contributed by atoms with van der Waals surface area (Å²) in [5.74, 6) is 1.35. The number of pyridine rings is 1. The van der Waals surface area contributed by atoms with Crippen molar-refractivity contribution >= 4 is 22.3 Å². The molecule has 1 aliphatic heterocycles. The van der Waals surface area contributed by atoms with Crippen LogP contribution in [0.3, 0.4) is 0 Å². The van der Waals surface area contributed by atoms with Crippen LogP contribution in [-0.2, 0) is 0 Å². The summed E-state index contributed by atoms with van der Waals surface area (Å²) in [5.41, 5.74) is 0.142. The number of non-ortho nitro benzene ring substituents is 1. The topological polar surface area (TPSA) is 59.3 Å². The van der Waals surface area contributed by atoms with Crippen molar-refractivity contribution in [2.45, 2.75) is 19.8 Å².